The van der Waals surface area contributed by atoms with Gasteiger partial charge in [0.1, 0.15) is 11.5 Å². The van der Waals surface area contributed by atoms with Crippen molar-refractivity contribution in [2.45, 2.75) is 13.8 Å². The second kappa shape index (κ2) is 5.55. The molecule has 0 aliphatic carbocycles. The van der Waals surface area contributed by atoms with Crippen molar-refractivity contribution in [1.82, 2.24) is 0 Å². The van der Waals surface area contributed by atoms with Crippen LogP contribution in [0.1, 0.15) is 27.0 Å². The summed E-state index contributed by atoms with van der Waals surface area (Å²) in [6, 6.07) is 10.2. The van der Waals surface area contributed by atoms with Crippen LogP contribution >= 0.6 is 0 Å². The molecule has 2 aromatic carbocycles. The van der Waals surface area contributed by atoms with Crippen LogP contribution in [0.5, 0.6) is 11.5 Å². The molecule has 0 saturated heterocycles. The van der Waals surface area contributed by atoms with Crippen LogP contribution < -0.4 is 16.2 Å². The number of benzene rings is 2. The SMILES string of the molecule is Cc1cc(C#N)cc(C)c1Oc1ccc(C(N)=O)cc1N. The van der Waals surface area contributed by atoms with Crippen molar-refractivity contribution in [3.8, 4) is 17.6 Å². The van der Waals surface area contributed by atoms with E-state index in [1.54, 1.807) is 24.3 Å². The van der Waals surface area contributed by atoms with E-state index < -0.39 is 5.91 Å². The van der Waals surface area contributed by atoms with Crippen LogP contribution in [0.4, 0.5) is 5.69 Å². The molecular weight excluding hydrogens is 266 g/mol. The summed E-state index contributed by atoms with van der Waals surface area (Å²) in [5.41, 5.74) is 14.0. The maximum Gasteiger partial charge on any atom is 0.248 e. The number of nitriles is 1. The molecule has 0 fully saturated rings. The summed E-state index contributed by atoms with van der Waals surface area (Å²) < 4.78 is 5.82. The quantitative estimate of drug-likeness (QED) is 0.844. The monoisotopic (exact) mass is 281 g/mol. The van der Waals surface area contributed by atoms with E-state index in [1.165, 1.54) is 6.07 Å². The number of ether oxygens (including phenoxy) is 1. The van der Waals surface area contributed by atoms with Crippen LogP contribution in [0, 0.1) is 25.2 Å². The molecule has 0 aliphatic heterocycles. The zero-order chi connectivity index (χ0) is 15.6. The minimum Gasteiger partial charge on any atom is -0.455 e. The minimum atomic E-state index is -0.543. The van der Waals surface area contributed by atoms with Crippen molar-refractivity contribution in [1.29, 1.82) is 5.26 Å². The number of nitrogens with two attached hydrogens (primary N) is 2. The third-order valence-corrected chi connectivity index (χ3v) is 3.10. The number of nitrogen functional groups attached to an aromatic ring is 1. The Kier molecular flexibility index (Phi) is 3.81. The molecule has 0 radical (unpaired) electrons. The summed E-state index contributed by atoms with van der Waals surface area (Å²) in [4.78, 5) is 11.1. The summed E-state index contributed by atoms with van der Waals surface area (Å²) in [6.45, 7) is 3.72. The van der Waals surface area contributed by atoms with Gasteiger partial charge in [-0.15, -0.1) is 0 Å². The average molecular weight is 281 g/mol. The molecule has 5 heteroatoms. The molecule has 2 rings (SSSR count). The van der Waals surface area contributed by atoms with Gasteiger partial charge in [-0.05, 0) is 55.3 Å². The largest absolute Gasteiger partial charge is 0.455 e. The normalized spacial score (nSPS) is 9.95. The fourth-order valence-electron chi connectivity index (χ4n) is 2.08. The molecule has 106 valence electrons. The molecule has 0 atom stereocenters. The Labute approximate surface area is 122 Å². The van der Waals surface area contributed by atoms with E-state index in [4.69, 9.17) is 21.5 Å². The van der Waals surface area contributed by atoms with Gasteiger partial charge in [0, 0.05) is 5.56 Å². The Morgan fingerprint density at radius 3 is 2.29 bits per heavy atom. The number of nitrogens with zero attached hydrogens (tertiary/aromatic N) is 1. The second-order valence-corrected chi connectivity index (χ2v) is 4.77. The van der Waals surface area contributed by atoms with Gasteiger partial charge >= 0.3 is 0 Å². The van der Waals surface area contributed by atoms with Gasteiger partial charge in [-0.3, -0.25) is 4.79 Å². The van der Waals surface area contributed by atoms with Crippen molar-refractivity contribution in [3.63, 3.8) is 0 Å². The first-order chi connectivity index (χ1) is 9.92. The lowest BCUT2D eigenvalue weighted by atomic mass is 10.1. The Hall–Kier alpha value is -3.00. The Morgan fingerprint density at radius 1 is 1.19 bits per heavy atom. The first kappa shape index (κ1) is 14.4. The van der Waals surface area contributed by atoms with Crippen LogP contribution in [0.3, 0.4) is 0 Å². The van der Waals surface area contributed by atoms with Gasteiger partial charge in [-0.25, -0.2) is 0 Å². The molecule has 0 saturated carbocycles. The highest BCUT2D eigenvalue weighted by atomic mass is 16.5. The van der Waals surface area contributed by atoms with Crippen molar-refractivity contribution in [2.24, 2.45) is 5.73 Å². The fourth-order valence-corrected chi connectivity index (χ4v) is 2.08. The topological polar surface area (TPSA) is 102 Å². The highest BCUT2D eigenvalue weighted by Crippen LogP contribution is 2.33. The van der Waals surface area contributed by atoms with Crippen LogP contribution in [0.2, 0.25) is 0 Å². The molecule has 21 heavy (non-hydrogen) atoms. The summed E-state index contributed by atoms with van der Waals surface area (Å²) in [7, 11) is 0. The molecule has 5 nitrogen and oxygen atoms in total. The summed E-state index contributed by atoms with van der Waals surface area (Å²) in [6.07, 6.45) is 0. The third kappa shape index (κ3) is 2.95. The number of amides is 1. The number of carbonyl (C=O) groups excluding carboxylic acids is 1. The van der Waals surface area contributed by atoms with Crippen molar-refractivity contribution < 1.29 is 9.53 Å². The van der Waals surface area contributed by atoms with Gasteiger partial charge in [0.05, 0.1) is 17.3 Å². The maximum atomic E-state index is 11.1. The van der Waals surface area contributed by atoms with Gasteiger partial charge in [0.25, 0.3) is 0 Å². The van der Waals surface area contributed by atoms with E-state index in [9.17, 15) is 4.79 Å². The molecule has 1 amide bonds. The minimum absolute atomic E-state index is 0.327. The lowest BCUT2D eigenvalue weighted by Gasteiger charge is -2.14. The molecule has 0 bridgehead atoms. The number of rotatable bonds is 3. The van der Waals surface area contributed by atoms with Gasteiger partial charge in [0.15, 0.2) is 0 Å². The predicted molar refractivity (Wildman–Crippen MR) is 80.1 cm³/mol. The van der Waals surface area contributed by atoms with Gasteiger partial charge in [-0.2, -0.15) is 5.26 Å². The van der Waals surface area contributed by atoms with E-state index in [2.05, 4.69) is 6.07 Å². The first-order valence-corrected chi connectivity index (χ1v) is 6.31. The molecule has 4 N–H and O–H groups in total. The highest BCUT2D eigenvalue weighted by molar-refractivity contribution is 5.94. The average Bonchev–Trinajstić information content (AvgIpc) is 2.43. The molecule has 0 spiro atoms. The predicted octanol–water partition coefficient (Wildman–Crippen LogP) is 2.65. The number of hydrogen-bond acceptors (Lipinski definition) is 4. The standard InChI is InChI=1S/C16H15N3O2/c1-9-5-11(8-17)6-10(2)15(9)21-14-4-3-12(16(19)20)7-13(14)18/h3-7H,18H2,1-2H3,(H2,19,20). The molecule has 0 heterocycles. The Morgan fingerprint density at radius 2 is 1.81 bits per heavy atom. The van der Waals surface area contributed by atoms with E-state index >= 15 is 0 Å². The maximum absolute atomic E-state index is 11.1. The molecular formula is C16H15N3O2. The summed E-state index contributed by atoms with van der Waals surface area (Å²) >= 11 is 0. The fraction of sp³-hybridized carbons (Fsp3) is 0.125. The van der Waals surface area contributed by atoms with E-state index in [0.717, 1.165) is 11.1 Å². The van der Waals surface area contributed by atoms with Crippen molar-refractivity contribution in [2.75, 3.05) is 5.73 Å². The summed E-state index contributed by atoms with van der Waals surface area (Å²) in [5.74, 6) is 0.544. The lowest BCUT2D eigenvalue weighted by Crippen LogP contribution is -2.11. The van der Waals surface area contributed by atoms with Crippen molar-refractivity contribution in [3.05, 3.63) is 52.6 Å². The summed E-state index contributed by atoms with van der Waals surface area (Å²) in [5, 5.41) is 8.94. The van der Waals surface area contributed by atoms with E-state index in [-0.39, 0.29) is 0 Å². The van der Waals surface area contributed by atoms with Crippen LogP contribution in [0.25, 0.3) is 0 Å². The van der Waals surface area contributed by atoms with E-state index in [0.29, 0.717) is 28.3 Å². The number of aryl methyl sites for hydroxylation is 2. The number of anilines is 1. The first-order valence-electron chi connectivity index (χ1n) is 6.31. The molecule has 0 aliphatic rings. The van der Waals surface area contributed by atoms with Gasteiger partial charge < -0.3 is 16.2 Å². The zero-order valence-electron chi connectivity index (χ0n) is 11.8. The smallest absolute Gasteiger partial charge is 0.248 e. The van der Waals surface area contributed by atoms with E-state index in [1.807, 2.05) is 13.8 Å². The van der Waals surface area contributed by atoms with Gasteiger partial charge in [-0.1, -0.05) is 0 Å². The third-order valence-electron chi connectivity index (χ3n) is 3.10. The molecule has 0 unspecified atom stereocenters. The van der Waals surface area contributed by atoms with Crippen molar-refractivity contribution >= 4 is 11.6 Å². The lowest BCUT2D eigenvalue weighted by molar-refractivity contribution is 0.100. The molecule has 2 aromatic rings. The van der Waals surface area contributed by atoms with Crippen LogP contribution in [0.15, 0.2) is 30.3 Å². The number of carbonyl (C=O) groups is 1. The van der Waals surface area contributed by atoms with Gasteiger partial charge in [0.2, 0.25) is 5.91 Å². The number of primary amides is 1. The Balaban J connectivity index is 2.39. The number of hydrogen-bond donors (Lipinski definition) is 2. The van der Waals surface area contributed by atoms with Crippen LogP contribution in [-0.2, 0) is 0 Å². The second-order valence-electron chi connectivity index (χ2n) is 4.77. The molecule has 0 aromatic heterocycles. The zero-order valence-corrected chi connectivity index (χ0v) is 11.8. The van der Waals surface area contributed by atoms with Crippen LogP contribution in [-0.4, -0.2) is 5.91 Å². The highest BCUT2D eigenvalue weighted by Gasteiger charge is 2.11. The Bertz CT molecular complexity index is 738.